The average molecular weight is 182 g/mol. The van der Waals surface area contributed by atoms with E-state index >= 15 is 0 Å². The molecule has 0 spiro atoms. The molecule has 2 nitrogen and oxygen atoms in total. The van der Waals surface area contributed by atoms with Gasteiger partial charge in [-0.1, -0.05) is 0 Å². The predicted molar refractivity (Wildman–Crippen MR) is 48.6 cm³/mol. The maximum atomic E-state index is 12.3. The Morgan fingerprint density at radius 1 is 1.58 bits per heavy atom. The number of aromatic nitrogens is 2. The smallest absolute Gasteiger partial charge is 0.171 e. The minimum Gasteiger partial charge on any atom is -0.247 e. The zero-order valence-electron chi connectivity index (χ0n) is 6.49. The van der Waals surface area contributed by atoms with Crippen molar-refractivity contribution in [3.8, 4) is 0 Å². The normalized spacial score (nSPS) is 10.8. The molecule has 0 saturated carbocycles. The molecule has 0 unspecified atom stereocenters. The number of hydrogen-bond donors (Lipinski definition) is 0. The van der Waals surface area contributed by atoms with Gasteiger partial charge < -0.3 is 0 Å². The van der Waals surface area contributed by atoms with Crippen LogP contribution in [0.3, 0.4) is 0 Å². The van der Waals surface area contributed by atoms with Crippen LogP contribution in [0, 0.1) is 6.92 Å². The number of fused-ring (bicyclic) bond motifs is 1. The van der Waals surface area contributed by atoms with Gasteiger partial charge in [-0.3, -0.25) is 0 Å². The SMILES string of the molecule is Cc1cn(SF)c2ncccc12. The average Bonchev–Trinajstić information content (AvgIpc) is 2.44. The molecule has 0 aromatic carbocycles. The van der Waals surface area contributed by atoms with Crippen molar-refractivity contribution < 1.29 is 3.89 Å². The van der Waals surface area contributed by atoms with Gasteiger partial charge in [-0.15, -0.1) is 3.89 Å². The van der Waals surface area contributed by atoms with E-state index in [1.807, 2.05) is 19.1 Å². The summed E-state index contributed by atoms with van der Waals surface area (Å²) in [6, 6.07) is 3.78. The van der Waals surface area contributed by atoms with Crippen molar-refractivity contribution in [2.24, 2.45) is 0 Å². The fourth-order valence-electron chi connectivity index (χ4n) is 1.24. The van der Waals surface area contributed by atoms with Gasteiger partial charge in [-0.2, -0.15) is 0 Å². The Labute approximate surface area is 73.8 Å². The first-order valence-electron chi connectivity index (χ1n) is 3.54. The highest BCUT2D eigenvalue weighted by molar-refractivity contribution is 7.92. The lowest BCUT2D eigenvalue weighted by Crippen LogP contribution is -1.81. The molecule has 0 aliphatic rings. The summed E-state index contributed by atoms with van der Waals surface area (Å²) in [7, 11) is 0. The zero-order valence-corrected chi connectivity index (χ0v) is 7.31. The maximum absolute atomic E-state index is 12.3. The van der Waals surface area contributed by atoms with Crippen LogP contribution >= 0.6 is 12.3 Å². The second kappa shape index (κ2) is 2.79. The van der Waals surface area contributed by atoms with Crippen molar-refractivity contribution in [3.63, 3.8) is 0 Å². The van der Waals surface area contributed by atoms with E-state index in [1.165, 1.54) is 3.97 Å². The monoisotopic (exact) mass is 182 g/mol. The van der Waals surface area contributed by atoms with Crippen LogP contribution < -0.4 is 0 Å². The third kappa shape index (κ3) is 0.992. The molecule has 0 fully saturated rings. The number of hydrogen-bond acceptors (Lipinski definition) is 2. The molecule has 2 heterocycles. The van der Waals surface area contributed by atoms with Crippen molar-refractivity contribution in [1.29, 1.82) is 0 Å². The summed E-state index contributed by atoms with van der Waals surface area (Å²) in [6.45, 7) is 1.94. The Balaban J connectivity index is 2.82. The van der Waals surface area contributed by atoms with Gasteiger partial charge >= 0.3 is 0 Å². The fraction of sp³-hybridized carbons (Fsp3) is 0.125. The topological polar surface area (TPSA) is 17.8 Å². The lowest BCUT2D eigenvalue weighted by molar-refractivity contribution is 0.919. The Morgan fingerprint density at radius 2 is 2.42 bits per heavy atom. The largest absolute Gasteiger partial charge is 0.247 e. The highest BCUT2D eigenvalue weighted by atomic mass is 32.2. The molecule has 62 valence electrons. The molecule has 2 aromatic rings. The fourth-order valence-corrected chi connectivity index (χ4v) is 1.65. The summed E-state index contributed by atoms with van der Waals surface area (Å²) in [5.74, 6) is 0. The molecule has 0 aliphatic carbocycles. The number of halogens is 1. The molecular formula is C8H7FN2S. The maximum Gasteiger partial charge on any atom is 0.171 e. The first kappa shape index (κ1) is 7.61. The Kier molecular flexibility index (Phi) is 1.77. The van der Waals surface area contributed by atoms with E-state index in [0.29, 0.717) is 5.65 Å². The number of aryl methyl sites for hydroxylation is 1. The second-order valence-electron chi connectivity index (χ2n) is 2.58. The second-order valence-corrected chi connectivity index (χ2v) is 3.11. The number of pyridine rings is 1. The van der Waals surface area contributed by atoms with Crippen molar-refractivity contribution in [1.82, 2.24) is 8.96 Å². The predicted octanol–water partition coefficient (Wildman–Crippen LogP) is 2.73. The lowest BCUT2D eigenvalue weighted by Gasteiger charge is -1.92. The van der Waals surface area contributed by atoms with Crippen LogP contribution in [0.1, 0.15) is 5.56 Å². The van der Waals surface area contributed by atoms with Gasteiger partial charge in [-0.25, -0.2) is 8.96 Å². The van der Waals surface area contributed by atoms with E-state index in [0.717, 1.165) is 10.9 Å². The van der Waals surface area contributed by atoms with Crippen molar-refractivity contribution in [2.45, 2.75) is 6.92 Å². The summed E-state index contributed by atoms with van der Waals surface area (Å²) in [4.78, 5) is 4.07. The van der Waals surface area contributed by atoms with Gasteiger partial charge in [0.25, 0.3) is 0 Å². The zero-order chi connectivity index (χ0) is 8.55. The highest BCUT2D eigenvalue weighted by Crippen LogP contribution is 2.22. The lowest BCUT2D eigenvalue weighted by atomic mass is 10.2. The first-order valence-corrected chi connectivity index (χ1v) is 4.22. The van der Waals surface area contributed by atoms with Crippen LogP contribution in [0.25, 0.3) is 11.0 Å². The van der Waals surface area contributed by atoms with Crippen LogP contribution in [0.15, 0.2) is 24.5 Å². The minimum atomic E-state index is 0.173. The summed E-state index contributed by atoms with van der Waals surface area (Å²) >= 11 is 0.173. The van der Waals surface area contributed by atoms with Crippen LogP contribution in [0.4, 0.5) is 3.89 Å². The molecule has 0 radical (unpaired) electrons. The van der Waals surface area contributed by atoms with E-state index in [2.05, 4.69) is 4.98 Å². The van der Waals surface area contributed by atoms with Crippen LogP contribution in [-0.4, -0.2) is 8.96 Å². The highest BCUT2D eigenvalue weighted by Gasteiger charge is 2.05. The van der Waals surface area contributed by atoms with Gasteiger partial charge in [0.2, 0.25) is 0 Å². The Bertz CT molecular complexity index is 410. The van der Waals surface area contributed by atoms with Gasteiger partial charge in [0.15, 0.2) is 18.0 Å². The Hall–Kier alpha value is -1.03. The van der Waals surface area contributed by atoms with E-state index in [1.54, 1.807) is 12.4 Å². The molecule has 0 aliphatic heterocycles. The molecule has 0 bridgehead atoms. The van der Waals surface area contributed by atoms with Crippen molar-refractivity contribution in [2.75, 3.05) is 0 Å². The van der Waals surface area contributed by atoms with Crippen LogP contribution in [0.2, 0.25) is 0 Å². The van der Waals surface area contributed by atoms with Crippen molar-refractivity contribution in [3.05, 3.63) is 30.1 Å². The van der Waals surface area contributed by atoms with Crippen LogP contribution in [0.5, 0.6) is 0 Å². The Morgan fingerprint density at radius 3 is 3.17 bits per heavy atom. The first-order chi connectivity index (χ1) is 5.83. The van der Waals surface area contributed by atoms with E-state index in [9.17, 15) is 3.89 Å². The van der Waals surface area contributed by atoms with E-state index in [-0.39, 0.29) is 12.3 Å². The molecule has 2 rings (SSSR count). The van der Waals surface area contributed by atoms with E-state index < -0.39 is 0 Å². The van der Waals surface area contributed by atoms with E-state index in [4.69, 9.17) is 0 Å². The third-order valence-corrected chi connectivity index (χ3v) is 2.23. The quantitative estimate of drug-likeness (QED) is 0.674. The minimum absolute atomic E-state index is 0.173. The van der Waals surface area contributed by atoms with Gasteiger partial charge in [0, 0.05) is 17.8 Å². The third-order valence-electron chi connectivity index (χ3n) is 1.81. The summed E-state index contributed by atoms with van der Waals surface area (Å²) in [5.41, 5.74) is 1.73. The van der Waals surface area contributed by atoms with Gasteiger partial charge in [0.1, 0.15) is 0 Å². The summed E-state index contributed by atoms with van der Waals surface area (Å²) < 4.78 is 13.7. The van der Waals surface area contributed by atoms with Gasteiger partial charge in [-0.05, 0) is 24.6 Å². The summed E-state index contributed by atoms with van der Waals surface area (Å²) in [6.07, 6.45) is 3.40. The number of nitrogens with zero attached hydrogens (tertiary/aromatic N) is 2. The van der Waals surface area contributed by atoms with Gasteiger partial charge in [0.05, 0.1) is 0 Å². The standard InChI is InChI=1S/C8H7FN2S/c1-6-5-11(12-9)8-7(6)3-2-4-10-8/h2-5H,1H3. The summed E-state index contributed by atoms with van der Waals surface area (Å²) in [5, 5.41) is 1.00. The van der Waals surface area contributed by atoms with Crippen molar-refractivity contribution >= 4 is 23.4 Å². The molecule has 0 saturated heterocycles. The molecule has 12 heavy (non-hydrogen) atoms. The molecule has 0 amide bonds. The van der Waals surface area contributed by atoms with Crippen LogP contribution in [-0.2, 0) is 0 Å². The molecule has 4 heteroatoms. The molecular weight excluding hydrogens is 175 g/mol. The number of rotatable bonds is 1. The molecule has 0 N–H and O–H groups in total. The molecule has 2 aromatic heterocycles. The molecule has 0 atom stereocenters.